The number of rotatable bonds is 10. The van der Waals surface area contributed by atoms with Gasteiger partial charge in [-0.1, -0.05) is 0 Å². The van der Waals surface area contributed by atoms with E-state index in [1.807, 2.05) is 26.0 Å². The highest BCUT2D eigenvalue weighted by molar-refractivity contribution is 5.94. The minimum atomic E-state index is -0.506. The summed E-state index contributed by atoms with van der Waals surface area (Å²) in [6.45, 7) is 4.84. The Kier molecular flexibility index (Phi) is 8.21. The molecule has 8 nitrogen and oxygen atoms in total. The molecule has 0 spiro atoms. The number of nitrogens with one attached hydrogen (secondary N) is 1. The van der Waals surface area contributed by atoms with Crippen molar-refractivity contribution in [3.8, 4) is 28.4 Å². The molecule has 0 unspecified atom stereocenters. The van der Waals surface area contributed by atoms with Gasteiger partial charge in [0.25, 0.3) is 11.5 Å². The summed E-state index contributed by atoms with van der Waals surface area (Å²) in [5, 5.41) is 7.33. The van der Waals surface area contributed by atoms with Gasteiger partial charge in [0.15, 0.2) is 0 Å². The zero-order valence-electron chi connectivity index (χ0n) is 19.3. The largest absolute Gasteiger partial charge is 0.497 e. The smallest absolute Gasteiger partial charge is 0.284 e. The number of benzene rings is 2. The van der Waals surface area contributed by atoms with Crippen LogP contribution >= 0.6 is 0 Å². The fraction of sp³-hybridized carbons (Fsp3) is 0.320. The zero-order valence-corrected chi connectivity index (χ0v) is 19.3. The molecule has 1 aromatic heterocycles. The molecule has 0 bridgehead atoms. The molecular formula is C25H29N3O5. The Balaban J connectivity index is 1.96. The molecule has 0 aliphatic carbocycles. The van der Waals surface area contributed by atoms with E-state index in [1.54, 1.807) is 50.6 Å². The Morgan fingerprint density at radius 2 is 1.61 bits per heavy atom. The molecule has 2 aromatic carbocycles. The molecule has 174 valence electrons. The van der Waals surface area contributed by atoms with Crippen LogP contribution in [-0.4, -0.2) is 49.2 Å². The first-order chi connectivity index (χ1) is 15.9. The van der Waals surface area contributed by atoms with Crippen LogP contribution in [0.2, 0.25) is 0 Å². The molecular weight excluding hydrogens is 422 g/mol. The molecule has 1 N–H and O–H groups in total. The van der Waals surface area contributed by atoms with Gasteiger partial charge in [-0.25, -0.2) is 0 Å². The quantitative estimate of drug-likeness (QED) is 0.475. The first-order valence-electron chi connectivity index (χ1n) is 10.8. The Hall–Kier alpha value is -3.65. The van der Waals surface area contributed by atoms with E-state index < -0.39 is 11.5 Å². The number of nitrogens with zero attached hydrogens (tertiary/aromatic N) is 2. The summed E-state index contributed by atoms with van der Waals surface area (Å²) in [5.74, 6) is 0.896. The maximum atomic E-state index is 13.2. The molecule has 0 atom stereocenters. The minimum absolute atomic E-state index is 0.0106. The van der Waals surface area contributed by atoms with Gasteiger partial charge in [-0.15, -0.1) is 0 Å². The first kappa shape index (κ1) is 24.0. The molecule has 0 saturated heterocycles. The van der Waals surface area contributed by atoms with Crippen LogP contribution in [0.3, 0.4) is 0 Å². The molecule has 0 fully saturated rings. The second kappa shape index (κ2) is 11.3. The van der Waals surface area contributed by atoms with Crippen molar-refractivity contribution in [2.75, 3.05) is 27.4 Å². The van der Waals surface area contributed by atoms with Crippen molar-refractivity contribution in [2.24, 2.45) is 0 Å². The first-order valence-corrected chi connectivity index (χ1v) is 10.8. The lowest BCUT2D eigenvalue weighted by Crippen LogP contribution is -2.34. The fourth-order valence-electron chi connectivity index (χ4n) is 3.15. The average molecular weight is 452 g/mol. The van der Waals surface area contributed by atoms with Gasteiger partial charge in [0.05, 0.1) is 31.7 Å². The van der Waals surface area contributed by atoms with Gasteiger partial charge in [-0.3, -0.25) is 9.59 Å². The molecule has 8 heteroatoms. The molecule has 3 aromatic rings. The predicted octanol–water partition coefficient (Wildman–Crippen LogP) is 3.46. The summed E-state index contributed by atoms with van der Waals surface area (Å²) < 4.78 is 17.1. The minimum Gasteiger partial charge on any atom is -0.497 e. The number of hydrogen-bond acceptors (Lipinski definition) is 6. The maximum Gasteiger partial charge on any atom is 0.284 e. The van der Waals surface area contributed by atoms with Crippen molar-refractivity contribution in [3.05, 3.63) is 70.5 Å². The van der Waals surface area contributed by atoms with Crippen molar-refractivity contribution >= 4 is 5.91 Å². The van der Waals surface area contributed by atoms with E-state index in [9.17, 15) is 9.59 Å². The molecule has 33 heavy (non-hydrogen) atoms. The summed E-state index contributed by atoms with van der Waals surface area (Å²) in [5.41, 5.74) is 1.26. The highest BCUT2D eigenvalue weighted by Gasteiger charge is 2.17. The number of hydrogen-bond donors (Lipinski definition) is 1. The second-order valence-electron chi connectivity index (χ2n) is 7.62. The number of carbonyl (C=O) groups excluding carboxylic acids is 1. The van der Waals surface area contributed by atoms with E-state index in [0.717, 1.165) is 5.56 Å². The third-order valence-corrected chi connectivity index (χ3v) is 4.92. The van der Waals surface area contributed by atoms with Crippen molar-refractivity contribution in [2.45, 2.75) is 26.4 Å². The standard InChI is InChI=1S/C25H29N3O5/c1-17(2)33-15-5-14-26-24(29)22-16-23(18-6-10-20(31-3)11-7-18)27-28(25(22)30)19-8-12-21(32-4)13-9-19/h6-13,16-17H,5,14-15H2,1-4H3,(H,26,29). The van der Waals surface area contributed by atoms with Gasteiger partial charge in [-0.2, -0.15) is 9.78 Å². The lowest BCUT2D eigenvalue weighted by Gasteiger charge is -2.12. The van der Waals surface area contributed by atoms with Gasteiger partial charge < -0.3 is 19.5 Å². The Morgan fingerprint density at radius 3 is 2.18 bits per heavy atom. The summed E-state index contributed by atoms with van der Waals surface area (Å²) in [4.78, 5) is 26.1. The highest BCUT2D eigenvalue weighted by Crippen LogP contribution is 2.22. The van der Waals surface area contributed by atoms with Crippen LogP contribution in [0.5, 0.6) is 11.5 Å². The van der Waals surface area contributed by atoms with Crippen molar-refractivity contribution in [3.63, 3.8) is 0 Å². The van der Waals surface area contributed by atoms with Crippen LogP contribution in [0.4, 0.5) is 0 Å². The van der Waals surface area contributed by atoms with E-state index in [2.05, 4.69) is 10.4 Å². The monoisotopic (exact) mass is 451 g/mol. The number of ether oxygens (including phenoxy) is 3. The molecule has 0 radical (unpaired) electrons. The predicted molar refractivity (Wildman–Crippen MR) is 126 cm³/mol. The number of methoxy groups -OCH3 is 2. The Morgan fingerprint density at radius 1 is 1.00 bits per heavy atom. The third kappa shape index (κ3) is 6.20. The maximum absolute atomic E-state index is 13.2. The lowest BCUT2D eigenvalue weighted by atomic mass is 10.1. The molecule has 3 rings (SSSR count). The zero-order chi connectivity index (χ0) is 23.8. The summed E-state index contributed by atoms with van der Waals surface area (Å²) in [7, 11) is 3.16. The number of amides is 1. The van der Waals surface area contributed by atoms with E-state index in [1.165, 1.54) is 10.7 Å². The van der Waals surface area contributed by atoms with Gasteiger partial charge >= 0.3 is 0 Å². The lowest BCUT2D eigenvalue weighted by molar-refractivity contribution is 0.0757. The van der Waals surface area contributed by atoms with Crippen LogP contribution in [0.1, 0.15) is 30.6 Å². The fourth-order valence-corrected chi connectivity index (χ4v) is 3.15. The molecule has 0 aliphatic rings. The SMILES string of the molecule is COc1ccc(-c2cc(C(=O)NCCCOC(C)C)c(=O)n(-c3ccc(OC)cc3)n2)cc1. The van der Waals surface area contributed by atoms with E-state index in [-0.39, 0.29) is 11.7 Å². The van der Waals surface area contributed by atoms with Gasteiger partial charge in [0.2, 0.25) is 0 Å². The topological polar surface area (TPSA) is 91.7 Å². The van der Waals surface area contributed by atoms with Crippen LogP contribution in [-0.2, 0) is 4.74 Å². The molecule has 0 aliphatic heterocycles. The van der Waals surface area contributed by atoms with Crippen LogP contribution in [0.25, 0.3) is 16.9 Å². The van der Waals surface area contributed by atoms with E-state index in [0.29, 0.717) is 42.5 Å². The molecule has 1 heterocycles. The third-order valence-electron chi connectivity index (χ3n) is 4.92. The summed E-state index contributed by atoms with van der Waals surface area (Å²) in [6, 6.07) is 15.7. The van der Waals surface area contributed by atoms with E-state index in [4.69, 9.17) is 14.2 Å². The van der Waals surface area contributed by atoms with Crippen LogP contribution in [0, 0.1) is 0 Å². The van der Waals surface area contributed by atoms with Gasteiger partial charge in [0, 0.05) is 18.7 Å². The summed E-state index contributed by atoms with van der Waals surface area (Å²) >= 11 is 0. The Labute approximate surface area is 193 Å². The van der Waals surface area contributed by atoms with Gasteiger partial charge in [0.1, 0.15) is 17.1 Å². The average Bonchev–Trinajstić information content (AvgIpc) is 2.84. The normalized spacial score (nSPS) is 10.8. The Bertz CT molecular complexity index is 1120. The second-order valence-corrected chi connectivity index (χ2v) is 7.62. The molecule has 1 amide bonds. The van der Waals surface area contributed by atoms with Crippen LogP contribution < -0.4 is 20.3 Å². The van der Waals surface area contributed by atoms with E-state index >= 15 is 0 Å². The van der Waals surface area contributed by atoms with Crippen LogP contribution in [0.15, 0.2) is 59.4 Å². The van der Waals surface area contributed by atoms with Crippen molar-refractivity contribution in [1.82, 2.24) is 15.1 Å². The van der Waals surface area contributed by atoms with Crippen molar-refractivity contribution in [1.29, 1.82) is 0 Å². The highest BCUT2D eigenvalue weighted by atomic mass is 16.5. The summed E-state index contributed by atoms with van der Waals surface area (Å²) in [6.07, 6.45) is 0.775. The van der Waals surface area contributed by atoms with Crippen molar-refractivity contribution < 1.29 is 19.0 Å². The number of aromatic nitrogens is 2. The molecule has 0 saturated carbocycles. The van der Waals surface area contributed by atoms with Gasteiger partial charge in [-0.05, 0) is 74.9 Å². The number of carbonyl (C=O) groups is 1.